The molecule has 1 fully saturated rings. The predicted molar refractivity (Wildman–Crippen MR) is 113 cm³/mol. The Bertz CT molecular complexity index is 707. The molecular formula is C24H31NO2. The maximum absolute atomic E-state index is 12.3. The smallest absolute Gasteiger partial charge is 0.154 e. The molecule has 0 saturated carbocycles. The number of ether oxygens (including phenoxy) is 1. The minimum Gasteiger partial charge on any atom is -0.378 e. The van der Waals surface area contributed by atoms with Crippen LogP contribution in [0.3, 0.4) is 0 Å². The fraction of sp³-hybridized carbons (Fsp3) is 0.417. The van der Waals surface area contributed by atoms with Crippen LogP contribution < -0.4 is 0 Å². The molecule has 0 aliphatic carbocycles. The van der Waals surface area contributed by atoms with E-state index in [1.807, 2.05) is 61.6 Å². The van der Waals surface area contributed by atoms with E-state index >= 15 is 0 Å². The lowest BCUT2D eigenvalue weighted by atomic mass is 9.99. The van der Waals surface area contributed by atoms with E-state index in [-0.39, 0.29) is 17.9 Å². The van der Waals surface area contributed by atoms with Gasteiger partial charge in [0.25, 0.3) is 0 Å². The van der Waals surface area contributed by atoms with E-state index in [1.54, 1.807) is 6.92 Å². The molecule has 2 atom stereocenters. The van der Waals surface area contributed by atoms with Crippen LogP contribution in [-0.4, -0.2) is 30.2 Å². The monoisotopic (exact) mass is 365 g/mol. The van der Waals surface area contributed by atoms with E-state index in [9.17, 15) is 4.79 Å². The third kappa shape index (κ3) is 7.48. The Morgan fingerprint density at radius 3 is 2.63 bits per heavy atom. The first-order valence-electron chi connectivity index (χ1n) is 9.83. The van der Waals surface area contributed by atoms with Gasteiger partial charge in [-0.15, -0.1) is 0 Å². The number of carbonyl (C=O) groups excluding carboxylic acids is 1. The molecule has 0 aromatic heterocycles. The zero-order chi connectivity index (χ0) is 19.5. The topological polar surface area (TPSA) is 38.7 Å². The summed E-state index contributed by atoms with van der Waals surface area (Å²) in [6.07, 6.45) is 14.2. The van der Waals surface area contributed by atoms with Crippen LogP contribution >= 0.6 is 0 Å². The van der Waals surface area contributed by atoms with Gasteiger partial charge in [-0.05, 0) is 51.7 Å². The number of nitrogens with zero attached hydrogens (tertiary/aromatic N) is 1. The van der Waals surface area contributed by atoms with Gasteiger partial charge in [-0.1, -0.05) is 60.2 Å². The molecule has 1 aromatic carbocycles. The third-order valence-corrected chi connectivity index (χ3v) is 4.65. The Morgan fingerprint density at radius 2 is 2.00 bits per heavy atom. The maximum atomic E-state index is 12.3. The molecule has 1 saturated heterocycles. The summed E-state index contributed by atoms with van der Waals surface area (Å²) in [7, 11) is 0. The van der Waals surface area contributed by atoms with Crippen molar-refractivity contribution in [1.29, 1.82) is 0 Å². The lowest BCUT2D eigenvalue weighted by Gasteiger charge is -2.24. The molecule has 2 unspecified atom stereocenters. The number of ketones is 1. The molecule has 0 bridgehead atoms. The molecule has 2 rings (SSSR count). The molecule has 1 aromatic rings. The highest BCUT2D eigenvalue weighted by molar-refractivity contribution is 6.09. The van der Waals surface area contributed by atoms with Crippen molar-refractivity contribution in [1.82, 2.24) is 0 Å². The van der Waals surface area contributed by atoms with Crippen LogP contribution in [0.25, 0.3) is 0 Å². The molecule has 0 N–H and O–H groups in total. The fourth-order valence-corrected chi connectivity index (χ4v) is 3.06. The summed E-state index contributed by atoms with van der Waals surface area (Å²) in [6, 6.07) is 9.67. The number of rotatable bonds is 8. The quantitative estimate of drug-likeness (QED) is 0.452. The number of carbonyl (C=O) groups is 1. The Labute approximate surface area is 163 Å². The van der Waals surface area contributed by atoms with Crippen LogP contribution in [0.4, 0.5) is 0 Å². The zero-order valence-corrected chi connectivity index (χ0v) is 16.7. The number of hydrogen-bond donors (Lipinski definition) is 0. The highest BCUT2D eigenvalue weighted by atomic mass is 16.5. The summed E-state index contributed by atoms with van der Waals surface area (Å²) < 4.78 is 5.83. The van der Waals surface area contributed by atoms with E-state index in [2.05, 4.69) is 13.0 Å². The molecule has 0 radical (unpaired) electrons. The Balaban J connectivity index is 2.28. The van der Waals surface area contributed by atoms with Gasteiger partial charge in [0.2, 0.25) is 0 Å². The van der Waals surface area contributed by atoms with Gasteiger partial charge >= 0.3 is 0 Å². The summed E-state index contributed by atoms with van der Waals surface area (Å²) in [5, 5.41) is 0. The Kier molecular flexibility index (Phi) is 8.93. The van der Waals surface area contributed by atoms with E-state index in [4.69, 9.17) is 9.73 Å². The minimum atomic E-state index is -0.368. The summed E-state index contributed by atoms with van der Waals surface area (Å²) in [5.41, 5.74) is 2.98. The van der Waals surface area contributed by atoms with Gasteiger partial charge < -0.3 is 4.74 Å². The second-order valence-corrected chi connectivity index (χ2v) is 7.00. The average molecular weight is 366 g/mol. The van der Waals surface area contributed by atoms with Gasteiger partial charge in [0.15, 0.2) is 5.78 Å². The first kappa shape index (κ1) is 21.0. The van der Waals surface area contributed by atoms with E-state index in [1.165, 1.54) is 6.42 Å². The van der Waals surface area contributed by atoms with Crippen LogP contribution in [0.15, 0.2) is 71.3 Å². The first-order chi connectivity index (χ1) is 13.1. The summed E-state index contributed by atoms with van der Waals surface area (Å²) >= 11 is 0. The standard InChI is InChI=1S/C24H31NO2/c1-4-5-11-19(2)15-16-23(21-12-7-6-8-13-21)25-24(20(3)26)18-22-14-9-10-17-27-22/h4-8,11-13,15-16,22,24H,9-10,14,17-18H2,1-3H3/b5-4-,16-15+,19-11-,25-23-. The minimum absolute atomic E-state index is 0.0900. The van der Waals surface area contributed by atoms with Crippen LogP contribution in [0, 0.1) is 0 Å². The fourth-order valence-electron chi connectivity index (χ4n) is 3.06. The summed E-state index contributed by atoms with van der Waals surface area (Å²) in [5.74, 6) is 0.0900. The van der Waals surface area contributed by atoms with Gasteiger partial charge in [-0.2, -0.15) is 0 Å². The molecule has 3 heteroatoms. The van der Waals surface area contributed by atoms with E-state index in [0.29, 0.717) is 6.42 Å². The van der Waals surface area contributed by atoms with Gasteiger partial charge in [0, 0.05) is 13.0 Å². The van der Waals surface area contributed by atoms with Gasteiger partial charge in [-0.3, -0.25) is 9.79 Å². The normalized spacial score (nSPS) is 20.3. The SMILES string of the molecule is C\C=C/C=C(C)\C=C\C(=N\C(CC1CCCCO1)C(C)=O)c1ccccc1. The van der Waals surface area contributed by atoms with E-state index in [0.717, 1.165) is 36.3 Å². The van der Waals surface area contributed by atoms with E-state index < -0.39 is 0 Å². The molecule has 1 aliphatic rings. The molecular weight excluding hydrogens is 334 g/mol. The van der Waals surface area contributed by atoms with Crippen molar-refractivity contribution in [2.75, 3.05) is 6.61 Å². The molecule has 3 nitrogen and oxygen atoms in total. The van der Waals surface area contributed by atoms with Crippen molar-refractivity contribution in [2.45, 2.75) is 58.6 Å². The predicted octanol–water partition coefficient (Wildman–Crippen LogP) is 5.47. The van der Waals surface area contributed by atoms with Crippen molar-refractivity contribution in [3.05, 3.63) is 71.8 Å². The zero-order valence-electron chi connectivity index (χ0n) is 16.7. The number of benzene rings is 1. The van der Waals surface area contributed by atoms with Crippen molar-refractivity contribution >= 4 is 11.5 Å². The molecule has 1 heterocycles. The van der Waals surface area contributed by atoms with Crippen molar-refractivity contribution in [3.8, 4) is 0 Å². The highest BCUT2D eigenvalue weighted by Gasteiger charge is 2.22. The van der Waals surface area contributed by atoms with Gasteiger partial charge in [0.1, 0.15) is 6.04 Å². The van der Waals surface area contributed by atoms with Crippen LogP contribution in [-0.2, 0) is 9.53 Å². The average Bonchev–Trinajstić information content (AvgIpc) is 2.69. The highest BCUT2D eigenvalue weighted by Crippen LogP contribution is 2.20. The number of allylic oxidation sites excluding steroid dienone is 6. The molecule has 27 heavy (non-hydrogen) atoms. The first-order valence-corrected chi connectivity index (χ1v) is 9.83. The van der Waals surface area contributed by atoms with Crippen molar-refractivity contribution < 1.29 is 9.53 Å². The van der Waals surface area contributed by atoms with Gasteiger partial charge in [0.05, 0.1) is 11.8 Å². The maximum Gasteiger partial charge on any atom is 0.154 e. The van der Waals surface area contributed by atoms with Crippen molar-refractivity contribution in [3.63, 3.8) is 0 Å². The number of Topliss-reactive ketones (excluding diaryl/α,β-unsaturated/α-hetero) is 1. The van der Waals surface area contributed by atoms with Gasteiger partial charge in [-0.25, -0.2) is 0 Å². The largest absolute Gasteiger partial charge is 0.378 e. The lowest BCUT2D eigenvalue weighted by molar-refractivity contribution is -0.119. The lowest BCUT2D eigenvalue weighted by Crippen LogP contribution is -2.28. The number of aliphatic imine (C=N–C) groups is 1. The Morgan fingerprint density at radius 1 is 1.22 bits per heavy atom. The third-order valence-electron chi connectivity index (χ3n) is 4.65. The Hall–Kier alpha value is -2.26. The van der Waals surface area contributed by atoms with Crippen LogP contribution in [0.2, 0.25) is 0 Å². The second-order valence-electron chi connectivity index (χ2n) is 7.00. The van der Waals surface area contributed by atoms with Crippen LogP contribution in [0.1, 0.15) is 52.0 Å². The molecule has 0 spiro atoms. The molecule has 0 amide bonds. The number of hydrogen-bond acceptors (Lipinski definition) is 3. The second kappa shape index (κ2) is 11.5. The summed E-state index contributed by atoms with van der Waals surface area (Å²) in [4.78, 5) is 17.1. The molecule has 1 aliphatic heterocycles. The van der Waals surface area contributed by atoms with Crippen molar-refractivity contribution in [2.24, 2.45) is 4.99 Å². The van der Waals surface area contributed by atoms with Crippen LogP contribution in [0.5, 0.6) is 0 Å². The summed E-state index contributed by atoms with van der Waals surface area (Å²) in [6.45, 7) is 6.46. The molecule has 144 valence electrons.